The maximum atomic E-state index is 11.2. The van der Waals surface area contributed by atoms with Gasteiger partial charge in [0.2, 0.25) is 0 Å². The third kappa shape index (κ3) is 3.57. The molecule has 0 fully saturated rings. The molecule has 0 amide bonds. The van der Waals surface area contributed by atoms with Crippen molar-refractivity contribution in [3.63, 3.8) is 0 Å². The molecule has 0 aliphatic carbocycles. The fourth-order valence-electron chi connectivity index (χ4n) is 1.42. The summed E-state index contributed by atoms with van der Waals surface area (Å²) in [5.41, 5.74) is 0. The van der Waals surface area contributed by atoms with Gasteiger partial charge < -0.3 is 10.1 Å². The number of carbonyl (C=O) groups is 1. The highest BCUT2D eigenvalue weighted by Gasteiger charge is 2.16. The van der Waals surface area contributed by atoms with Crippen LogP contribution < -0.4 is 5.32 Å². The van der Waals surface area contributed by atoms with Crippen LogP contribution in [0.4, 0.5) is 0 Å². The Morgan fingerprint density at radius 2 is 2.44 bits per heavy atom. The van der Waals surface area contributed by atoms with Crippen LogP contribution in [-0.4, -0.2) is 24.6 Å². The Balaban J connectivity index is 2.43. The summed E-state index contributed by atoms with van der Waals surface area (Å²) in [6, 6.07) is 0.229. The van der Waals surface area contributed by atoms with Crippen molar-refractivity contribution in [2.75, 3.05) is 13.7 Å². The Kier molecular flexibility index (Phi) is 5.42. The second-order valence-electron chi connectivity index (χ2n) is 3.66. The van der Waals surface area contributed by atoms with E-state index in [0.29, 0.717) is 6.54 Å². The molecule has 1 N–H and O–H groups in total. The molecule has 0 bridgehead atoms. The van der Waals surface area contributed by atoms with Gasteiger partial charge in [0, 0.05) is 18.1 Å². The van der Waals surface area contributed by atoms with Gasteiger partial charge in [-0.25, -0.2) is 4.98 Å². The zero-order chi connectivity index (χ0) is 12.0. The molecule has 5 heteroatoms. The molecule has 2 unspecified atom stereocenters. The molecule has 1 aromatic rings. The second kappa shape index (κ2) is 6.60. The van der Waals surface area contributed by atoms with Crippen molar-refractivity contribution in [3.05, 3.63) is 16.6 Å². The first-order valence-electron chi connectivity index (χ1n) is 5.39. The van der Waals surface area contributed by atoms with Crippen LogP contribution in [0.25, 0.3) is 0 Å². The second-order valence-corrected chi connectivity index (χ2v) is 4.59. The van der Waals surface area contributed by atoms with Crippen molar-refractivity contribution < 1.29 is 9.53 Å². The highest BCUT2D eigenvalue weighted by molar-refractivity contribution is 7.09. The molecule has 0 saturated carbocycles. The lowest BCUT2D eigenvalue weighted by Gasteiger charge is -2.16. The molecule has 0 radical (unpaired) electrons. The number of carbonyl (C=O) groups excluding carboxylic acids is 1. The number of aromatic nitrogens is 1. The standard InChI is InChI=1S/C11H18N2O2S/c1-4-9(10-12-5-6-16-10)13-7-8(2)11(14)15-3/h5-6,8-9,13H,4,7H2,1-3H3. The van der Waals surface area contributed by atoms with Gasteiger partial charge in [0.05, 0.1) is 19.1 Å². The van der Waals surface area contributed by atoms with Gasteiger partial charge in [-0.3, -0.25) is 4.79 Å². The first-order chi connectivity index (χ1) is 7.69. The van der Waals surface area contributed by atoms with Gasteiger partial charge in [-0.15, -0.1) is 11.3 Å². The van der Waals surface area contributed by atoms with Crippen LogP contribution in [0.1, 0.15) is 31.3 Å². The van der Waals surface area contributed by atoms with Crippen LogP contribution >= 0.6 is 11.3 Å². The maximum absolute atomic E-state index is 11.2. The van der Waals surface area contributed by atoms with E-state index in [1.54, 1.807) is 17.5 Å². The van der Waals surface area contributed by atoms with Crippen molar-refractivity contribution in [2.24, 2.45) is 5.92 Å². The summed E-state index contributed by atoms with van der Waals surface area (Å²) in [4.78, 5) is 15.5. The van der Waals surface area contributed by atoms with Crippen LogP contribution in [0.3, 0.4) is 0 Å². The minimum atomic E-state index is -0.179. The fourth-order valence-corrected chi connectivity index (χ4v) is 2.21. The van der Waals surface area contributed by atoms with Crippen LogP contribution in [0.5, 0.6) is 0 Å². The molecule has 16 heavy (non-hydrogen) atoms. The molecule has 4 nitrogen and oxygen atoms in total. The summed E-state index contributed by atoms with van der Waals surface area (Å²) in [6.07, 6.45) is 2.76. The van der Waals surface area contributed by atoms with E-state index in [2.05, 4.69) is 22.0 Å². The van der Waals surface area contributed by atoms with Crippen LogP contribution in [0.15, 0.2) is 11.6 Å². The molecular formula is C11H18N2O2S. The summed E-state index contributed by atoms with van der Waals surface area (Å²) >= 11 is 1.63. The predicted octanol–water partition coefficient (Wildman–Crippen LogP) is 1.99. The number of methoxy groups -OCH3 is 1. The number of nitrogens with one attached hydrogen (secondary N) is 1. The zero-order valence-electron chi connectivity index (χ0n) is 9.90. The number of rotatable bonds is 6. The Labute approximate surface area is 100 Å². The lowest BCUT2D eigenvalue weighted by Crippen LogP contribution is -2.30. The molecule has 1 rings (SSSR count). The van der Waals surface area contributed by atoms with Gasteiger partial charge in [-0.1, -0.05) is 13.8 Å². The Morgan fingerprint density at radius 3 is 2.94 bits per heavy atom. The topological polar surface area (TPSA) is 51.2 Å². The fraction of sp³-hybridized carbons (Fsp3) is 0.636. The van der Waals surface area contributed by atoms with Gasteiger partial charge in [-0.05, 0) is 6.42 Å². The van der Waals surface area contributed by atoms with E-state index in [-0.39, 0.29) is 17.9 Å². The van der Waals surface area contributed by atoms with E-state index in [9.17, 15) is 4.79 Å². The number of esters is 1. The van der Waals surface area contributed by atoms with Crippen molar-refractivity contribution >= 4 is 17.3 Å². The lowest BCUT2D eigenvalue weighted by molar-refractivity contribution is -0.144. The van der Waals surface area contributed by atoms with Crippen molar-refractivity contribution in [1.82, 2.24) is 10.3 Å². The number of ether oxygens (including phenoxy) is 1. The minimum absolute atomic E-state index is 0.126. The van der Waals surface area contributed by atoms with Crippen molar-refractivity contribution in [3.8, 4) is 0 Å². The summed E-state index contributed by atoms with van der Waals surface area (Å²) < 4.78 is 4.68. The zero-order valence-corrected chi connectivity index (χ0v) is 10.7. The van der Waals surface area contributed by atoms with Gasteiger partial charge >= 0.3 is 5.97 Å². The highest BCUT2D eigenvalue weighted by Crippen LogP contribution is 2.18. The predicted molar refractivity (Wildman–Crippen MR) is 64.3 cm³/mol. The number of thiazole rings is 1. The number of nitrogens with zero attached hydrogens (tertiary/aromatic N) is 1. The molecule has 90 valence electrons. The molecule has 0 aliphatic rings. The molecule has 0 aliphatic heterocycles. The van der Waals surface area contributed by atoms with Crippen molar-refractivity contribution in [1.29, 1.82) is 0 Å². The smallest absolute Gasteiger partial charge is 0.309 e. The number of hydrogen-bond acceptors (Lipinski definition) is 5. The average Bonchev–Trinajstić information content (AvgIpc) is 2.82. The molecule has 1 heterocycles. The summed E-state index contributed by atoms with van der Waals surface area (Å²) in [7, 11) is 1.41. The van der Waals surface area contributed by atoms with Crippen LogP contribution in [-0.2, 0) is 9.53 Å². The van der Waals surface area contributed by atoms with E-state index in [1.165, 1.54) is 7.11 Å². The molecule has 0 aromatic carbocycles. The van der Waals surface area contributed by atoms with E-state index < -0.39 is 0 Å². The Hall–Kier alpha value is -0.940. The monoisotopic (exact) mass is 242 g/mol. The number of hydrogen-bond donors (Lipinski definition) is 1. The molecule has 2 atom stereocenters. The van der Waals surface area contributed by atoms with Gasteiger partial charge in [0.25, 0.3) is 0 Å². The van der Waals surface area contributed by atoms with E-state index in [1.807, 2.05) is 12.3 Å². The largest absolute Gasteiger partial charge is 0.469 e. The van der Waals surface area contributed by atoms with E-state index in [4.69, 9.17) is 0 Å². The third-order valence-electron chi connectivity index (χ3n) is 2.43. The molecule has 1 aromatic heterocycles. The van der Waals surface area contributed by atoms with E-state index in [0.717, 1.165) is 11.4 Å². The van der Waals surface area contributed by atoms with Gasteiger partial charge in [0.15, 0.2) is 0 Å². The van der Waals surface area contributed by atoms with Gasteiger partial charge in [-0.2, -0.15) is 0 Å². The van der Waals surface area contributed by atoms with Crippen LogP contribution in [0, 0.1) is 5.92 Å². The summed E-state index contributed by atoms with van der Waals surface area (Å²) in [5.74, 6) is -0.305. The third-order valence-corrected chi connectivity index (χ3v) is 3.32. The summed E-state index contributed by atoms with van der Waals surface area (Å²) in [6.45, 7) is 4.57. The maximum Gasteiger partial charge on any atom is 0.309 e. The first kappa shape index (κ1) is 13.1. The quantitative estimate of drug-likeness (QED) is 0.775. The lowest BCUT2D eigenvalue weighted by atomic mass is 10.1. The normalized spacial score (nSPS) is 14.4. The minimum Gasteiger partial charge on any atom is -0.469 e. The molecule has 0 spiro atoms. The SMILES string of the molecule is CCC(NCC(C)C(=O)OC)c1nccs1. The molecular weight excluding hydrogens is 224 g/mol. The average molecular weight is 242 g/mol. The van der Waals surface area contributed by atoms with Crippen molar-refractivity contribution in [2.45, 2.75) is 26.3 Å². The highest BCUT2D eigenvalue weighted by atomic mass is 32.1. The molecule has 0 saturated heterocycles. The Morgan fingerprint density at radius 1 is 1.69 bits per heavy atom. The van der Waals surface area contributed by atoms with E-state index >= 15 is 0 Å². The first-order valence-corrected chi connectivity index (χ1v) is 6.27. The Bertz CT molecular complexity index is 314. The van der Waals surface area contributed by atoms with Gasteiger partial charge in [0.1, 0.15) is 5.01 Å². The summed E-state index contributed by atoms with van der Waals surface area (Å²) in [5, 5.41) is 6.36. The van der Waals surface area contributed by atoms with Crippen LogP contribution in [0.2, 0.25) is 0 Å².